The van der Waals surface area contributed by atoms with E-state index >= 15 is 0 Å². The molecule has 1 aliphatic heterocycles. The van der Waals surface area contributed by atoms with Crippen LogP contribution in [-0.4, -0.2) is 17.6 Å². The molecule has 13 heavy (non-hydrogen) atoms. The van der Waals surface area contributed by atoms with Crippen LogP contribution in [0.5, 0.6) is 0 Å². The van der Waals surface area contributed by atoms with E-state index in [4.69, 9.17) is 5.11 Å². The molecule has 0 aliphatic carbocycles. The lowest BCUT2D eigenvalue weighted by Gasteiger charge is -2.04. The van der Waals surface area contributed by atoms with Gasteiger partial charge in [-0.1, -0.05) is 0 Å². The molecule has 0 atom stereocenters. The summed E-state index contributed by atoms with van der Waals surface area (Å²) < 4.78 is 13.1. The van der Waals surface area contributed by atoms with Gasteiger partial charge in [0.2, 0.25) is 0 Å². The lowest BCUT2D eigenvalue weighted by atomic mass is 10.1. The van der Waals surface area contributed by atoms with Crippen molar-refractivity contribution in [3.05, 3.63) is 29.1 Å². The third-order valence-corrected chi connectivity index (χ3v) is 2.17. The second-order valence-electron chi connectivity index (χ2n) is 2.93. The van der Waals surface area contributed by atoms with Gasteiger partial charge >= 0.3 is 5.97 Å². The van der Waals surface area contributed by atoms with E-state index in [1.807, 2.05) is 0 Å². The van der Waals surface area contributed by atoms with Crippen LogP contribution in [0, 0.1) is 5.82 Å². The van der Waals surface area contributed by atoms with Gasteiger partial charge in [0, 0.05) is 6.54 Å². The molecule has 0 unspecified atom stereocenters. The average molecular weight is 181 g/mol. The molecule has 3 nitrogen and oxygen atoms in total. The number of hydrogen-bond acceptors (Lipinski definition) is 2. The predicted molar refractivity (Wildman–Crippen MR) is 45.6 cm³/mol. The Labute approximate surface area is 74.2 Å². The Morgan fingerprint density at radius 3 is 3.00 bits per heavy atom. The van der Waals surface area contributed by atoms with Crippen LogP contribution in [0.3, 0.4) is 0 Å². The molecule has 0 saturated carbocycles. The smallest absolute Gasteiger partial charge is 0.336 e. The maximum absolute atomic E-state index is 13.1. The number of hydrogen-bond donors (Lipinski definition) is 2. The highest BCUT2D eigenvalue weighted by Gasteiger charge is 2.21. The normalized spacial score (nSPS) is 13.6. The van der Waals surface area contributed by atoms with Crippen molar-refractivity contribution in [2.75, 3.05) is 11.9 Å². The summed E-state index contributed by atoms with van der Waals surface area (Å²) in [6.07, 6.45) is 0.578. The topological polar surface area (TPSA) is 49.3 Å². The molecule has 0 saturated heterocycles. The Hall–Kier alpha value is -1.58. The van der Waals surface area contributed by atoms with E-state index in [0.29, 0.717) is 24.2 Å². The van der Waals surface area contributed by atoms with Gasteiger partial charge in [-0.25, -0.2) is 9.18 Å². The fourth-order valence-corrected chi connectivity index (χ4v) is 1.58. The Bertz CT molecular complexity index is 376. The highest BCUT2D eigenvalue weighted by Crippen LogP contribution is 2.28. The van der Waals surface area contributed by atoms with E-state index in [0.717, 1.165) is 0 Å². The predicted octanol–water partition coefficient (Wildman–Crippen LogP) is 1.49. The zero-order chi connectivity index (χ0) is 9.42. The van der Waals surface area contributed by atoms with Gasteiger partial charge < -0.3 is 10.4 Å². The lowest BCUT2D eigenvalue weighted by Crippen LogP contribution is -2.01. The fourth-order valence-electron chi connectivity index (χ4n) is 1.58. The van der Waals surface area contributed by atoms with E-state index in [1.54, 1.807) is 0 Å². The summed E-state index contributed by atoms with van der Waals surface area (Å²) in [7, 11) is 0. The van der Waals surface area contributed by atoms with Crippen LogP contribution >= 0.6 is 0 Å². The molecule has 0 bridgehead atoms. The fraction of sp³-hybridized carbons (Fsp3) is 0.222. The standard InChI is InChI=1S/C9H8FNO2/c10-7-2-1-6(9(12)13)5-3-4-11-8(5)7/h1-2,11H,3-4H2,(H,12,13). The zero-order valence-corrected chi connectivity index (χ0v) is 6.80. The molecule has 4 heteroatoms. The largest absolute Gasteiger partial charge is 0.478 e. The number of rotatable bonds is 1. The first kappa shape index (κ1) is 8.04. The quantitative estimate of drug-likeness (QED) is 0.690. The highest BCUT2D eigenvalue weighted by molar-refractivity contribution is 5.92. The first-order valence-corrected chi connectivity index (χ1v) is 3.98. The van der Waals surface area contributed by atoms with Gasteiger partial charge in [-0.05, 0) is 24.1 Å². The van der Waals surface area contributed by atoms with Crippen molar-refractivity contribution in [1.82, 2.24) is 0 Å². The molecule has 1 aromatic rings. The minimum absolute atomic E-state index is 0.196. The lowest BCUT2D eigenvalue weighted by molar-refractivity contribution is 0.0696. The minimum Gasteiger partial charge on any atom is -0.478 e. The van der Waals surface area contributed by atoms with Gasteiger partial charge in [0.15, 0.2) is 0 Å². The van der Waals surface area contributed by atoms with Gasteiger partial charge in [0.1, 0.15) is 5.82 Å². The molecule has 0 spiro atoms. The summed E-state index contributed by atoms with van der Waals surface area (Å²) in [6.45, 7) is 0.608. The van der Waals surface area contributed by atoms with Crippen molar-refractivity contribution in [3.63, 3.8) is 0 Å². The summed E-state index contributed by atoms with van der Waals surface area (Å²) in [4.78, 5) is 10.7. The molecule has 2 rings (SSSR count). The number of fused-ring (bicyclic) bond motifs is 1. The van der Waals surface area contributed by atoms with Crippen molar-refractivity contribution in [2.45, 2.75) is 6.42 Å². The number of nitrogens with one attached hydrogen (secondary N) is 1. The van der Waals surface area contributed by atoms with Crippen molar-refractivity contribution < 1.29 is 14.3 Å². The Morgan fingerprint density at radius 2 is 2.31 bits per heavy atom. The number of halogens is 1. The first-order valence-electron chi connectivity index (χ1n) is 3.98. The van der Waals surface area contributed by atoms with Crippen LogP contribution in [-0.2, 0) is 6.42 Å². The van der Waals surface area contributed by atoms with Gasteiger partial charge in [-0.3, -0.25) is 0 Å². The van der Waals surface area contributed by atoms with E-state index in [9.17, 15) is 9.18 Å². The maximum atomic E-state index is 13.1. The van der Waals surface area contributed by atoms with Crippen molar-refractivity contribution in [2.24, 2.45) is 0 Å². The van der Waals surface area contributed by atoms with Crippen molar-refractivity contribution in [1.29, 1.82) is 0 Å². The average Bonchev–Trinajstić information content (AvgIpc) is 2.53. The molecule has 0 radical (unpaired) electrons. The van der Waals surface area contributed by atoms with E-state index in [2.05, 4.69) is 5.32 Å². The molecule has 2 N–H and O–H groups in total. The van der Waals surface area contributed by atoms with E-state index < -0.39 is 5.97 Å². The number of benzene rings is 1. The van der Waals surface area contributed by atoms with Crippen LogP contribution in [0.2, 0.25) is 0 Å². The maximum Gasteiger partial charge on any atom is 0.336 e. The van der Waals surface area contributed by atoms with Crippen molar-refractivity contribution in [3.8, 4) is 0 Å². The van der Waals surface area contributed by atoms with Gasteiger partial charge in [0.25, 0.3) is 0 Å². The monoisotopic (exact) mass is 181 g/mol. The molecule has 1 aromatic carbocycles. The van der Waals surface area contributed by atoms with Crippen molar-refractivity contribution >= 4 is 11.7 Å². The zero-order valence-electron chi connectivity index (χ0n) is 6.80. The van der Waals surface area contributed by atoms with E-state index in [1.165, 1.54) is 12.1 Å². The second-order valence-corrected chi connectivity index (χ2v) is 2.93. The third kappa shape index (κ3) is 1.14. The number of anilines is 1. The molecule has 1 heterocycles. The molecule has 68 valence electrons. The Kier molecular flexibility index (Phi) is 1.69. The highest BCUT2D eigenvalue weighted by atomic mass is 19.1. The molecular weight excluding hydrogens is 173 g/mol. The molecule has 0 fully saturated rings. The summed E-state index contributed by atoms with van der Waals surface area (Å²) in [5.41, 5.74) is 1.12. The molecular formula is C9H8FNO2. The van der Waals surface area contributed by atoms with Gasteiger partial charge in [0.05, 0.1) is 11.3 Å². The van der Waals surface area contributed by atoms with Crippen LogP contribution in [0.1, 0.15) is 15.9 Å². The summed E-state index contributed by atoms with van der Waals surface area (Å²) in [5, 5.41) is 11.6. The van der Waals surface area contributed by atoms with Gasteiger partial charge in [-0.15, -0.1) is 0 Å². The van der Waals surface area contributed by atoms with Gasteiger partial charge in [-0.2, -0.15) is 0 Å². The molecule has 0 aromatic heterocycles. The number of aromatic carboxylic acids is 1. The Morgan fingerprint density at radius 1 is 1.54 bits per heavy atom. The van der Waals surface area contributed by atoms with E-state index in [-0.39, 0.29) is 11.4 Å². The first-order chi connectivity index (χ1) is 6.20. The van der Waals surface area contributed by atoms with Crippen LogP contribution in [0.4, 0.5) is 10.1 Å². The second kappa shape index (κ2) is 2.73. The SMILES string of the molecule is O=C(O)c1ccc(F)c2c1CCN2. The third-order valence-electron chi connectivity index (χ3n) is 2.17. The van der Waals surface area contributed by atoms with Crippen LogP contribution in [0.15, 0.2) is 12.1 Å². The summed E-state index contributed by atoms with van der Waals surface area (Å²) >= 11 is 0. The van der Waals surface area contributed by atoms with Crippen LogP contribution in [0.25, 0.3) is 0 Å². The molecule has 1 aliphatic rings. The Balaban J connectivity index is 2.62. The summed E-state index contributed by atoms with van der Waals surface area (Å²) in [5.74, 6) is -1.38. The number of carboxylic acid groups (broad SMARTS) is 1. The summed E-state index contributed by atoms with van der Waals surface area (Å²) in [6, 6.07) is 2.49. The minimum atomic E-state index is -1.00. The molecule has 0 amide bonds. The number of carbonyl (C=O) groups is 1. The number of carboxylic acids is 1. The van der Waals surface area contributed by atoms with Crippen LogP contribution < -0.4 is 5.32 Å².